The third kappa shape index (κ3) is 1.27. The van der Waals surface area contributed by atoms with Crippen LogP contribution in [0.15, 0.2) is 12.1 Å². The van der Waals surface area contributed by atoms with Crippen LogP contribution >= 0.6 is 0 Å². The van der Waals surface area contributed by atoms with Gasteiger partial charge in [0.2, 0.25) is 0 Å². The Bertz CT molecular complexity index is 557. The van der Waals surface area contributed by atoms with E-state index in [4.69, 9.17) is 0 Å². The summed E-state index contributed by atoms with van der Waals surface area (Å²) in [5.74, 6) is -0.0893. The van der Waals surface area contributed by atoms with Gasteiger partial charge < -0.3 is 4.98 Å². The van der Waals surface area contributed by atoms with E-state index in [0.29, 0.717) is 16.8 Å². The summed E-state index contributed by atoms with van der Waals surface area (Å²) in [6, 6.07) is 2.40. The van der Waals surface area contributed by atoms with Gasteiger partial charge in [-0.3, -0.25) is 0 Å². The van der Waals surface area contributed by atoms with Crippen LogP contribution in [0.2, 0.25) is 0 Å². The fourth-order valence-corrected chi connectivity index (χ4v) is 2.64. The minimum absolute atomic E-state index is 0.316. The normalized spacial score (nSPS) is 20.1. The van der Waals surface area contributed by atoms with E-state index in [2.05, 4.69) is 11.9 Å². The van der Waals surface area contributed by atoms with Gasteiger partial charge in [-0.15, -0.1) is 0 Å². The number of aryl methyl sites for hydroxylation is 1. The summed E-state index contributed by atoms with van der Waals surface area (Å²) < 4.78 is 27.2. The summed E-state index contributed by atoms with van der Waals surface area (Å²) in [6.07, 6.45) is 2.79. The minimum Gasteiger partial charge on any atom is -0.356 e. The Morgan fingerprint density at radius 2 is 2.00 bits per heavy atom. The van der Waals surface area contributed by atoms with E-state index in [0.717, 1.165) is 30.5 Å². The molecule has 1 N–H and O–H groups in total. The average molecular weight is 221 g/mol. The van der Waals surface area contributed by atoms with Crippen LogP contribution in [0, 0.1) is 17.6 Å². The number of rotatable bonds is 0. The molecule has 0 unspecified atom stereocenters. The first-order chi connectivity index (χ1) is 7.66. The first kappa shape index (κ1) is 9.82. The molecule has 0 amide bonds. The molecule has 84 valence electrons. The second-order valence-electron chi connectivity index (χ2n) is 4.71. The zero-order chi connectivity index (χ0) is 11.3. The molecule has 0 aliphatic heterocycles. The predicted molar refractivity (Wildman–Crippen MR) is 59.4 cm³/mol. The lowest BCUT2D eigenvalue weighted by molar-refractivity contribution is 0.497. The van der Waals surface area contributed by atoms with Gasteiger partial charge in [0.15, 0.2) is 0 Å². The number of benzene rings is 1. The summed E-state index contributed by atoms with van der Waals surface area (Å²) in [7, 11) is 0. The lowest BCUT2D eigenvalue weighted by atomic mass is 9.88. The van der Waals surface area contributed by atoms with Crippen molar-refractivity contribution in [2.24, 2.45) is 5.92 Å². The summed E-state index contributed by atoms with van der Waals surface area (Å²) >= 11 is 0. The van der Waals surface area contributed by atoms with Gasteiger partial charge in [-0.2, -0.15) is 0 Å². The van der Waals surface area contributed by atoms with Crippen LogP contribution in [0.5, 0.6) is 0 Å². The molecule has 0 bridgehead atoms. The highest BCUT2D eigenvalue weighted by atomic mass is 19.1. The van der Waals surface area contributed by atoms with E-state index in [9.17, 15) is 8.78 Å². The molecule has 1 aliphatic carbocycles. The lowest BCUT2D eigenvalue weighted by Gasteiger charge is -2.17. The van der Waals surface area contributed by atoms with Gasteiger partial charge in [0.25, 0.3) is 0 Å². The molecular formula is C13H13F2N. The van der Waals surface area contributed by atoms with E-state index in [1.165, 1.54) is 12.1 Å². The van der Waals surface area contributed by atoms with Gasteiger partial charge in [0.1, 0.15) is 11.6 Å². The number of aromatic amines is 1. The highest BCUT2D eigenvalue weighted by Crippen LogP contribution is 2.33. The molecule has 1 atom stereocenters. The van der Waals surface area contributed by atoms with E-state index >= 15 is 0 Å². The first-order valence-electron chi connectivity index (χ1n) is 5.64. The molecule has 0 spiro atoms. The van der Waals surface area contributed by atoms with E-state index in [-0.39, 0.29) is 11.6 Å². The quantitative estimate of drug-likeness (QED) is 0.700. The van der Waals surface area contributed by atoms with Crippen LogP contribution in [0.3, 0.4) is 0 Å². The van der Waals surface area contributed by atoms with Gasteiger partial charge in [0, 0.05) is 11.1 Å². The van der Waals surface area contributed by atoms with Gasteiger partial charge >= 0.3 is 0 Å². The molecule has 0 saturated heterocycles. The minimum atomic E-state index is -0.363. The first-order valence-corrected chi connectivity index (χ1v) is 5.64. The predicted octanol–water partition coefficient (Wildman–Crippen LogP) is 3.57. The van der Waals surface area contributed by atoms with Crippen LogP contribution in [0.25, 0.3) is 10.9 Å². The maximum atomic E-state index is 13.7. The van der Waals surface area contributed by atoms with E-state index in [1.807, 2.05) is 0 Å². The highest BCUT2D eigenvalue weighted by Gasteiger charge is 2.22. The molecule has 1 nitrogen and oxygen atoms in total. The number of aromatic nitrogens is 1. The van der Waals surface area contributed by atoms with Crippen molar-refractivity contribution < 1.29 is 8.78 Å². The molecule has 3 rings (SSSR count). The van der Waals surface area contributed by atoms with Crippen molar-refractivity contribution in [2.75, 3.05) is 0 Å². The molecule has 1 heterocycles. The number of hydrogen-bond acceptors (Lipinski definition) is 0. The van der Waals surface area contributed by atoms with Crippen molar-refractivity contribution in [1.29, 1.82) is 0 Å². The highest BCUT2D eigenvalue weighted by molar-refractivity contribution is 5.86. The monoisotopic (exact) mass is 221 g/mol. The topological polar surface area (TPSA) is 15.8 Å². The van der Waals surface area contributed by atoms with Crippen LogP contribution < -0.4 is 0 Å². The van der Waals surface area contributed by atoms with Gasteiger partial charge in [0.05, 0.1) is 5.52 Å². The number of nitrogens with one attached hydrogen (secondary N) is 1. The Hall–Kier alpha value is -1.38. The van der Waals surface area contributed by atoms with Crippen molar-refractivity contribution >= 4 is 10.9 Å². The number of halogens is 2. The molecule has 1 aromatic heterocycles. The standard InChI is InChI=1S/C13H13F2N/c1-7-2-3-8-11(6-7)16-13-10(15)5-4-9(14)12(8)13/h4-5,7,16H,2-3,6H2,1H3/t7-/m1/s1. The summed E-state index contributed by atoms with van der Waals surface area (Å²) in [5, 5.41) is 0.460. The Kier molecular flexibility index (Phi) is 2.03. The van der Waals surface area contributed by atoms with Gasteiger partial charge in [-0.1, -0.05) is 6.92 Å². The average Bonchev–Trinajstić information content (AvgIpc) is 2.63. The molecule has 2 aromatic rings. The second-order valence-corrected chi connectivity index (χ2v) is 4.71. The molecule has 16 heavy (non-hydrogen) atoms. The molecule has 1 aromatic carbocycles. The van der Waals surface area contributed by atoms with Crippen LogP contribution in [-0.4, -0.2) is 4.98 Å². The molecule has 3 heteroatoms. The van der Waals surface area contributed by atoms with Crippen LogP contribution in [0.1, 0.15) is 24.6 Å². The van der Waals surface area contributed by atoms with Crippen molar-refractivity contribution in [2.45, 2.75) is 26.2 Å². The van der Waals surface area contributed by atoms with E-state index in [1.54, 1.807) is 0 Å². The van der Waals surface area contributed by atoms with E-state index < -0.39 is 0 Å². The Balaban J connectivity index is 2.33. The Morgan fingerprint density at radius 1 is 1.25 bits per heavy atom. The smallest absolute Gasteiger partial charge is 0.147 e. The fourth-order valence-electron chi connectivity index (χ4n) is 2.64. The van der Waals surface area contributed by atoms with Gasteiger partial charge in [-0.05, 0) is 42.9 Å². The molecule has 1 aliphatic rings. The van der Waals surface area contributed by atoms with Crippen molar-refractivity contribution in [1.82, 2.24) is 4.98 Å². The zero-order valence-corrected chi connectivity index (χ0v) is 9.11. The van der Waals surface area contributed by atoms with Gasteiger partial charge in [-0.25, -0.2) is 8.78 Å². The lowest BCUT2D eigenvalue weighted by Crippen LogP contribution is -2.10. The number of H-pyrrole nitrogens is 1. The summed E-state index contributed by atoms with van der Waals surface area (Å²) in [6.45, 7) is 2.17. The Labute approximate surface area is 92.5 Å². The van der Waals surface area contributed by atoms with Crippen LogP contribution in [0.4, 0.5) is 8.78 Å². The number of fused-ring (bicyclic) bond motifs is 3. The maximum absolute atomic E-state index is 13.7. The SMILES string of the molecule is C[C@@H]1CCc2c([nH]c3c(F)ccc(F)c23)C1. The summed E-state index contributed by atoms with van der Waals surface area (Å²) in [5.41, 5.74) is 2.32. The largest absolute Gasteiger partial charge is 0.356 e. The molecular weight excluding hydrogens is 208 g/mol. The maximum Gasteiger partial charge on any atom is 0.147 e. The molecule has 0 fully saturated rings. The molecule has 0 saturated carbocycles. The third-order valence-electron chi connectivity index (χ3n) is 3.49. The van der Waals surface area contributed by atoms with Crippen LogP contribution in [-0.2, 0) is 12.8 Å². The number of hydrogen-bond donors (Lipinski definition) is 1. The summed E-state index contributed by atoms with van der Waals surface area (Å²) in [4.78, 5) is 3.04. The zero-order valence-electron chi connectivity index (χ0n) is 9.11. The van der Waals surface area contributed by atoms with Crippen molar-refractivity contribution in [3.8, 4) is 0 Å². The fraction of sp³-hybridized carbons (Fsp3) is 0.385. The van der Waals surface area contributed by atoms with Crippen molar-refractivity contribution in [3.05, 3.63) is 35.0 Å². The Morgan fingerprint density at radius 3 is 2.81 bits per heavy atom. The van der Waals surface area contributed by atoms with Crippen molar-refractivity contribution in [3.63, 3.8) is 0 Å². The second kappa shape index (κ2) is 3.30. The third-order valence-corrected chi connectivity index (χ3v) is 3.49. The molecule has 0 radical (unpaired) electrons.